The van der Waals surface area contributed by atoms with Crippen LogP contribution in [0, 0.1) is 5.41 Å². The van der Waals surface area contributed by atoms with Crippen molar-refractivity contribution in [2.75, 3.05) is 26.2 Å². The van der Waals surface area contributed by atoms with Gasteiger partial charge in [0.25, 0.3) is 5.91 Å². The van der Waals surface area contributed by atoms with Crippen LogP contribution >= 0.6 is 0 Å². The van der Waals surface area contributed by atoms with Gasteiger partial charge in [0.2, 0.25) is 0 Å². The molecule has 0 bridgehead atoms. The van der Waals surface area contributed by atoms with Crippen molar-refractivity contribution in [2.24, 2.45) is 11.1 Å². The summed E-state index contributed by atoms with van der Waals surface area (Å²) in [6, 6.07) is 5.78. The van der Waals surface area contributed by atoms with E-state index in [4.69, 9.17) is 10.5 Å². The highest BCUT2D eigenvalue weighted by Crippen LogP contribution is 2.40. The summed E-state index contributed by atoms with van der Waals surface area (Å²) in [5.74, 6) is 0.0325. The van der Waals surface area contributed by atoms with Crippen LogP contribution in [0.2, 0.25) is 0 Å². The van der Waals surface area contributed by atoms with E-state index in [1.165, 1.54) is 0 Å². The van der Waals surface area contributed by atoms with Gasteiger partial charge in [-0.2, -0.15) is 0 Å². The summed E-state index contributed by atoms with van der Waals surface area (Å²) in [4.78, 5) is 19.1. The summed E-state index contributed by atoms with van der Waals surface area (Å²) in [6.07, 6.45) is 8.15. The molecule has 2 aromatic heterocycles. The average Bonchev–Trinajstić information content (AvgIpc) is 3.07. The number of ether oxygens (including phenoxy) is 1. The lowest BCUT2D eigenvalue weighted by molar-refractivity contribution is -0.0791. The molecule has 2 saturated heterocycles. The first-order chi connectivity index (χ1) is 11.7. The number of piperidine rings is 1. The summed E-state index contributed by atoms with van der Waals surface area (Å²) in [5.41, 5.74) is 7.27. The van der Waals surface area contributed by atoms with Gasteiger partial charge in [0.15, 0.2) is 0 Å². The van der Waals surface area contributed by atoms with E-state index in [9.17, 15) is 4.79 Å². The predicted octanol–water partition coefficient (Wildman–Crippen LogP) is 1.69. The molecule has 4 heterocycles. The van der Waals surface area contributed by atoms with Gasteiger partial charge >= 0.3 is 0 Å². The number of likely N-dealkylation sites (tertiary alicyclic amines) is 1. The topological polar surface area (TPSA) is 72.9 Å². The molecule has 2 aliphatic rings. The van der Waals surface area contributed by atoms with E-state index >= 15 is 0 Å². The van der Waals surface area contributed by atoms with Crippen molar-refractivity contribution >= 4 is 11.6 Å². The van der Waals surface area contributed by atoms with Crippen molar-refractivity contribution in [3.05, 3.63) is 36.3 Å². The molecule has 6 nitrogen and oxygen atoms in total. The van der Waals surface area contributed by atoms with Gasteiger partial charge in [0.05, 0.1) is 12.7 Å². The maximum atomic E-state index is 12.7. The summed E-state index contributed by atoms with van der Waals surface area (Å²) in [5, 5.41) is 0. The Labute approximate surface area is 141 Å². The maximum absolute atomic E-state index is 12.7. The number of hydrogen-bond donors (Lipinski definition) is 1. The number of nitrogens with two attached hydrogens (primary N) is 1. The van der Waals surface area contributed by atoms with Crippen molar-refractivity contribution in [3.8, 4) is 0 Å². The van der Waals surface area contributed by atoms with E-state index in [1.54, 1.807) is 0 Å². The molecule has 0 aliphatic carbocycles. The standard InChI is InChI=1S/C18H24N4O2/c19-11-14-4-5-18(13-24-14)6-9-21(10-7-18)17(23)15-12-22-8-2-1-3-16(22)20-15/h1-3,8,12,14H,4-7,9-11,13,19H2. The minimum absolute atomic E-state index is 0.0325. The fraction of sp³-hybridized carbons (Fsp3) is 0.556. The zero-order chi connectivity index (χ0) is 16.6. The molecule has 1 atom stereocenters. The highest BCUT2D eigenvalue weighted by atomic mass is 16.5. The zero-order valence-corrected chi connectivity index (χ0v) is 13.9. The van der Waals surface area contributed by atoms with Crippen LogP contribution in [0.15, 0.2) is 30.6 Å². The third kappa shape index (κ3) is 2.80. The first-order valence-corrected chi connectivity index (χ1v) is 8.74. The smallest absolute Gasteiger partial charge is 0.274 e. The van der Waals surface area contributed by atoms with Gasteiger partial charge in [-0.3, -0.25) is 4.79 Å². The molecular formula is C18H24N4O2. The first kappa shape index (κ1) is 15.6. The molecule has 1 unspecified atom stereocenters. The fourth-order valence-electron chi connectivity index (χ4n) is 3.88. The molecule has 2 aromatic rings. The minimum Gasteiger partial charge on any atom is -0.376 e. The summed E-state index contributed by atoms with van der Waals surface area (Å²) >= 11 is 0. The number of aromatic nitrogens is 2. The normalized spacial score (nSPS) is 23.7. The van der Waals surface area contributed by atoms with Gasteiger partial charge in [-0.25, -0.2) is 4.98 Å². The third-order valence-corrected chi connectivity index (χ3v) is 5.58. The fourth-order valence-corrected chi connectivity index (χ4v) is 3.88. The van der Waals surface area contributed by atoms with Crippen LogP contribution in [-0.2, 0) is 4.74 Å². The molecule has 0 saturated carbocycles. The van der Waals surface area contributed by atoms with Gasteiger partial charge in [0, 0.05) is 32.0 Å². The molecule has 1 amide bonds. The Morgan fingerprint density at radius 3 is 2.83 bits per heavy atom. The van der Waals surface area contributed by atoms with Crippen LogP contribution in [0.25, 0.3) is 5.65 Å². The van der Waals surface area contributed by atoms with Crippen molar-refractivity contribution in [2.45, 2.75) is 31.8 Å². The third-order valence-electron chi connectivity index (χ3n) is 5.58. The number of fused-ring (bicyclic) bond motifs is 1. The van der Waals surface area contributed by atoms with Crippen LogP contribution in [-0.4, -0.2) is 52.5 Å². The molecule has 0 radical (unpaired) electrons. The van der Waals surface area contributed by atoms with Crippen molar-refractivity contribution in [1.29, 1.82) is 0 Å². The quantitative estimate of drug-likeness (QED) is 0.910. The number of nitrogens with zero attached hydrogens (tertiary/aromatic N) is 3. The lowest BCUT2D eigenvalue weighted by Gasteiger charge is -2.45. The number of carbonyl (C=O) groups is 1. The average molecular weight is 328 g/mol. The molecule has 4 rings (SSSR count). The Morgan fingerprint density at radius 2 is 2.17 bits per heavy atom. The van der Waals surface area contributed by atoms with Crippen molar-refractivity contribution in [1.82, 2.24) is 14.3 Å². The summed E-state index contributed by atoms with van der Waals surface area (Å²) < 4.78 is 7.79. The van der Waals surface area contributed by atoms with Crippen molar-refractivity contribution in [3.63, 3.8) is 0 Å². The second kappa shape index (κ2) is 6.18. The number of imidazole rings is 1. The predicted molar refractivity (Wildman–Crippen MR) is 90.8 cm³/mol. The van der Waals surface area contributed by atoms with Gasteiger partial charge < -0.3 is 19.8 Å². The van der Waals surface area contributed by atoms with E-state index in [0.717, 1.165) is 51.0 Å². The molecule has 128 valence electrons. The molecule has 6 heteroatoms. The number of carbonyl (C=O) groups excluding carboxylic acids is 1. The minimum atomic E-state index is 0.0325. The van der Waals surface area contributed by atoms with Crippen LogP contribution in [0.1, 0.15) is 36.2 Å². The molecule has 2 aliphatic heterocycles. The molecular weight excluding hydrogens is 304 g/mol. The molecule has 2 fully saturated rings. The maximum Gasteiger partial charge on any atom is 0.274 e. The van der Waals surface area contributed by atoms with Gasteiger partial charge in [-0.15, -0.1) is 0 Å². The second-order valence-electron chi connectivity index (χ2n) is 7.09. The Kier molecular flexibility index (Phi) is 4.02. The second-order valence-corrected chi connectivity index (χ2v) is 7.09. The Hall–Kier alpha value is -1.92. The van der Waals surface area contributed by atoms with E-state index in [1.807, 2.05) is 39.9 Å². The van der Waals surface area contributed by atoms with E-state index in [2.05, 4.69) is 4.98 Å². The SMILES string of the molecule is NCC1CCC2(CCN(C(=O)c3cn4ccccc4n3)CC2)CO1. The van der Waals surface area contributed by atoms with E-state index in [-0.39, 0.29) is 17.4 Å². The van der Waals surface area contributed by atoms with Crippen LogP contribution in [0.3, 0.4) is 0 Å². The summed E-state index contributed by atoms with van der Waals surface area (Å²) in [6.45, 7) is 2.95. The van der Waals surface area contributed by atoms with Crippen LogP contribution in [0.5, 0.6) is 0 Å². The molecule has 1 spiro atoms. The van der Waals surface area contributed by atoms with Crippen molar-refractivity contribution < 1.29 is 9.53 Å². The van der Waals surface area contributed by atoms with E-state index < -0.39 is 0 Å². The van der Waals surface area contributed by atoms with Gasteiger partial charge in [-0.05, 0) is 43.2 Å². The first-order valence-electron chi connectivity index (χ1n) is 8.74. The van der Waals surface area contributed by atoms with E-state index in [0.29, 0.717) is 12.2 Å². The number of rotatable bonds is 2. The van der Waals surface area contributed by atoms with Crippen LogP contribution < -0.4 is 5.73 Å². The van der Waals surface area contributed by atoms with Gasteiger partial charge in [0.1, 0.15) is 11.3 Å². The molecule has 2 N–H and O–H groups in total. The summed E-state index contributed by atoms with van der Waals surface area (Å²) in [7, 11) is 0. The number of amides is 1. The zero-order valence-electron chi connectivity index (χ0n) is 13.9. The van der Waals surface area contributed by atoms with Gasteiger partial charge in [-0.1, -0.05) is 6.07 Å². The Bertz CT molecular complexity index is 690. The molecule has 24 heavy (non-hydrogen) atoms. The lowest BCUT2D eigenvalue weighted by Crippen LogP contribution is -2.48. The number of hydrogen-bond acceptors (Lipinski definition) is 4. The highest BCUT2D eigenvalue weighted by Gasteiger charge is 2.39. The Morgan fingerprint density at radius 1 is 1.33 bits per heavy atom. The largest absolute Gasteiger partial charge is 0.376 e. The lowest BCUT2D eigenvalue weighted by atomic mass is 9.73. The number of pyridine rings is 1. The Balaban J connectivity index is 1.41. The monoisotopic (exact) mass is 328 g/mol. The molecule has 0 aromatic carbocycles. The van der Waals surface area contributed by atoms with Crippen LogP contribution in [0.4, 0.5) is 0 Å². The highest BCUT2D eigenvalue weighted by molar-refractivity contribution is 5.93.